The Morgan fingerprint density at radius 2 is 2.29 bits per heavy atom. The Bertz CT molecular complexity index is 375. The molecule has 0 spiro atoms. The van der Waals surface area contributed by atoms with Crippen LogP contribution < -0.4 is 0 Å². The molecule has 78 valence electrons. The number of aromatic amines is 1. The highest BCUT2D eigenvalue weighted by molar-refractivity contribution is 7.71. The molecule has 1 aliphatic carbocycles. The molecule has 3 heteroatoms. The molecule has 2 rings (SSSR count). The summed E-state index contributed by atoms with van der Waals surface area (Å²) in [5.41, 5.74) is 1.34. The number of nitrogens with one attached hydrogen (secondary N) is 1. The molecule has 1 aromatic heterocycles. The van der Waals surface area contributed by atoms with Crippen molar-refractivity contribution in [2.45, 2.75) is 39.7 Å². The van der Waals surface area contributed by atoms with Crippen molar-refractivity contribution in [3.05, 3.63) is 16.7 Å². The largest absolute Gasteiger partial charge is 0.337 e. The fraction of sp³-hybridized carbons (Fsp3) is 0.727. The van der Waals surface area contributed by atoms with Gasteiger partial charge in [0.15, 0.2) is 4.77 Å². The number of H-pyrrole nitrogens is 1. The second-order valence-electron chi connectivity index (χ2n) is 4.76. The molecule has 0 saturated heterocycles. The van der Waals surface area contributed by atoms with Crippen molar-refractivity contribution < 1.29 is 0 Å². The van der Waals surface area contributed by atoms with Crippen LogP contribution in [0, 0.1) is 16.6 Å². The molecule has 1 saturated carbocycles. The number of hydrogen-bond acceptors (Lipinski definition) is 1. The number of imidazole rings is 1. The van der Waals surface area contributed by atoms with Crippen molar-refractivity contribution in [3.63, 3.8) is 0 Å². The van der Waals surface area contributed by atoms with Crippen LogP contribution in [0.4, 0.5) is 0 Å². The van der Waals surface area contributed by atoms with E-state index in [1.54, 1.807) is 0 Å². The van der Waals surface area contributed by atoms with E-state index in [-0.39, 0.29) is 0 Å². The zero-order valence-corrected chi connectivity index (χ0v) is 9.90. The maximum atomic E-state index is 5.28. The Kier molecular flexibility index (Phi) is 2.52. The van der Waals surface area contributed by atoms with Gasteiger partial charge >= 0.3 is 0 Å². The molecule has 0 amide bonds. The van der Waals surface area contributed by atoms with Gasteiger partial charge in [-0.3, -0.25) is 0 Å². The predicted molar refractivity (Wildman–Crippen MR) is 61.0 cm³/mol. The van der Waals surface area contributed by atoms with Gasteiger partial charge in [0.05, 0.1) is 0 Å². The maximum absolute atomic E-state index is 5.28. The Morgan fingerprint density at radius 1 is 1.64 bits per heavy atom. The first-order valence-electron chi connectivity index (χ1n) is 5.37. The molecule has 2 atom stereocenters. The van der Waals surface area contributed by atoms with E-state index in [4.69, 9.17) is 12.2 Å². The van der Waals surface area contributed by atoms with E-state index < -0.39 is 0 Å². The molecule has 2 nitrogen and oxygen atoms in total. The lowest BCUT2D eigenvalue weighted by Crippen LogP contribution is -2.06. The first-order valence-corrected chi connectivity index (χ1v) is 5.78. The second kappa shape index (κ2) is 3.54. The summed E-state index contributed by atoms with van der Waals surface area (Å²) in [6, 6.07) is 0. The van der Waals surface area contributed by atoms with Crippen LogP contribution in [0.2, 0.25) is 0 Å². The van der Waals surface area contributed by atoms with E-state index >= 15 is 0 Å². The Balaban J connectivity index is 2.22. The van der Waals surface area contributed by atoms with Gasteiger partial charge in [-0.25, -0.2) is 0 Å². The monoisotopic (exact) mass is 210 g/mol. The molecule has 2 unspecified atom stereocenters. The van der Waals surface area contributed by atoms with Crippen LogP contribution in [0.5, 0.6) is 0 Å². The van der Waals surface area contributed by atoms with Crippen LogP contribution in [0.3, 0.4) is 0 Å². The molecule has 1 heterocycles. The van der Waals surface area contributed by atoms with E-state index in [2.05, 4.69) is 36.5 Å². The van der Waals surface area contributed by atoms with Gasteiger partial charge in [-0.1, -0.05) is 20.8 Å². The number of aromatic nitrogens is 2. The van der Waals surface area contributed by atoms with Crippen molar-refractivity contribution >= 4 is 12.2 Å². The lowest BCUT2D eigenvalue weighted by Gasteiger charge is -2.10. The highest BCUT2D eigenvalue weighted by atomic mass is 32.1. The van der Waals surface area contributed by atoms with Crippen LogP contribution in [0.1, 0.15) is 38.8 Å². The predicted octanol–water partition coefficient (Wildman–Crippen LogP) is 3.33. The quantitative estimate of drug-likeness (QED) is 0.759. The normalized spacial score (nSPS) is 25.7. The molecular weight excluding hydrogens is 192 g/mol. The van der Waals surface area contributed by atoms with E-state index in [0.717, 1.165) is 23.2 Å². The molecule has 1 aromatic rings. The van der Waals surface area contributed by atoms with Crippen molar-refractivity contribution in [2.75, 3.05) is 0 Å². The van der Waals surface area contributed by atoms with Crippen LogP contribution in [-0.2, 0) is 6.54 Å². The fourth-order valence-corrected chi connectivity index (χ4v) is 2.20. The van der Waals surface area contributed by atoms with E-state index in [9.17, 15) is 0 Å². The standard InChI is InChI=1S/C11H18N2S/c1-7(2)10-5-12-11(14)13(10)6-9-4-8(9)3/h5,7-9H,4,6H2,1-3H3,(H,12,14). The second-order valence-corrected chi connectivity index (χ2v) is 5.14. The summed E-state index contributed by atoms with van der Waals surface area (Å²) >= 11 is 5.28. The van der Waals surface area contributed by atoms with E-state index in [1.807, 2.05) is 0 Å². The van der Waals surface area contributed by atoms with Gasteiger partial charge in [-0.15, -0.1) is 0 Å². The molecular formula is C11H18N2S. The van der Waals surface area contributed by atoms with E-state index in [1.165, 1.54) is 12.1 Å². The first-order chi connectivity index (χ1) is 6.59. The highest BCUT2D eigenvalue weighted by Crippen LogP contribution is 2.39. The van der Waals surface area contributed by atoms with Gasteiger partial charge in [0.2, 0.25) is 0 Å². The Morgan fingerprint density at radius 3 is 2.79 bits per heavy atom. The smallest absolute Gasteiger partial charge is 0.177 e. The van der Waals surface area contributed by atoms with E-state index in [0.29, 0.717) is 5.92 Å². The lowest BCUT2D eigenvalue weighted by molar-refractivity contribution is 0.556. The minimum atomic E-state index is 0.553. The van der Waals surface area contributed by atoms with Crippen molar-refractivity contribution in [1.29, 1.82) is 0 Å². The average molecular weight is 210 g/mol. The third-order valence-corrected chi connectivity index (χ3v) is 3.52. The molecule has 0 aromatic carbocycles. The highest BCUT2D eigenvalue weighted by Gasteiger charge is 2.33. The molecule has 0 bridgehead atoms. The molecule has 0 aliphatic heterocycles. The van der Waals surface area contributed by atoms with Gasteiger partial charge in [0, 0.05) is 18.4 Å². The van der Waals surface area contributed by atoms with Gasteiger partial charge < -0.3 is 9.55 Å². The summed E-state index contributed by atoms with van der Waals surface area (Å²) in [4.78, 5) is 3.14. The Labute approximate surface area is 90.3 Å². The van der Waals surface area contributed by atoms with Crippen molar-refractivity contribution in [2.24, 2.45) is 11.8 Å². The summed E-state index contributed by atoms with van der Waals surface area (Å²) in [7, 11) is 0. The molecule has 1 N–H and O–H groups in total. The summed E-state index contributed by atoms with van der Waals surface area (Å²) in [5, 5.41) is 0. The molecule has 14 heavy (non-hydrogen) atoms. The third kappa shape index (κ3) is 1.78. The third-order valence-electron chi connectivity index (χ3n) is 3.19. The van der Waals surface area contributed by atoms with Crippen LogP contribution in [0.15, 0.2) is 6.20 Å². The number of hydrogen-bond donors (Lipinski definition) is 1. The minimum Gasteiger partial charge on any atom is -0.337 e. The summed E-state index contributed by atoms with van der Waals surface area (Å²) in [5.74, 6) is 2.30. The van der Waals surface area contributed by atoms with Crippen LogP contribution in [0.25, 0.3) is 0 Å². The minimum absolute atomic E-state index is 0.553. The zero-order valence-electron chi connectivity index (χ0n) is 9.08. The first kappa shape index (κ1) is 9.97. The SMILES string of the molecule is CC(C)c1c[nH]c(=S)n1CC1CC1C. The Hall–Kier alpha value is -0.570. The van der Waals surface area contributed by atoms with Gasteiger partial charge in [0.25, 0.3) is 0 Å². The van der Waals surface area contributed by atoms with Crippen LogP contribution in [-0.4, -0.2) is 9.55 Å². The average Bonchev–Trinajstić information content (AvgIpc) is 2.65. The molecule has 1 aliphatic rings. The molecule has 0 radical (unpaired) electrons. The maximum Gasteiger partial charge on any atom is 0.177 e. The zero-order chi connectivity index (χ0) is 10.3. The number of nitrogens with zero attached hydrogens (tertiary/aromatic N) is 1. The van der Waals surface area contributed by atoms with Gasteiger partial charge in [-0.05, 0) is 36.4 Å². The summed E-state index contributed by atoms with van der Waals surface area (Å²) in [6.45, 7) is 7.85. The fourth-order valence-electron chi connectivity index (χ4n) is 1.96. The van der Waals surface area contributed by atoms with Gasteiger partial charge in [-0.2, -0.15) is 0 Å². The summed E-state index contributed by atoms with van der Waals surface area (Å²) < 4.78 is 3.15. The van der Waals surface area contributed by atoms with Gasteiger partial charge in [0.1, 0.15) is 0 Å². The topological polar surface area (TPSA) is 20.7 Å². The van der Waals surface area contributed by atoms with Crippen molar-refractivity contribution in [1.82, 2.24) is 9.55 Å². The number of rotatable bonds is 3. The lowest BCUT2D eigenvalue weighted by atomic mass is 10.1. The van der Waals surface area contributed by atoms with Crippen LogP contribution >= 0.6 is 12.2 Å². The summed E-state index contributed by atoms with van der Waals surface area (Å²) in [6.07, 6.45) is 3.42. The molecule has 1 fully saturated rings. The van der Waals surface area contributed by atoms with Crippen molar-refractivity contribution in [3.8, 4) is 0 Å².